The highest BCUT2D eigenvalue weighted by Gasteiger charge is 2.23. The van der Waals surface area contributed by atoms with Crippen LogP contribution < -0.4 is 14.8 Å². The maximum absolute atomic E-state index is 12.3. The van der Waals surface area contributed by atoms with Crippen LogP contribution in [0.2, 0.25) is 0 Å². The summed E-state index contributed by atoms with van der Waals surface area (Å²) >= 11 is 0. The number of benzene rings is 2. The number of methoxy groups -OCH3 is 1. The number of carbonyl (C=O) groups is 1. The van der Waals surface area contributed by atoms with E-state index in [4.69, 9.17) is 18.9 Å². The predicted molar refractivity (Wildman–Crippen MR) is 143 cm³/mol. The molecule has 0 spiro atoms. The fraction of sp³-hybridized carbons (Fsp3) is 0.296. The molecule has 12 nitrogen and oxygen atoms in total. The third-order valence-electron chi connectivity index (χ3n) is 5.44. The summed E-state index contributed by atoms with van der Waals surface area (Å²) in [7, 11) is 1.61. The molecule has 12 heteroatoms. The Labute approximate surface area is 224 Å². The number of nitro benzene ring substituents is 1. The molecule has 0 atom stereocenters. The van der Waals surface area contributed by atoms with Crippen molar-refractivity contribution in [3.63, 3.8) is 0 Å². The Bertz CT molecular complexity index is 1460. The van der Waals surface area contributed by atoms with E-state index in [9.17, 15) is 14.9 Å². The Morgan fingerprint density at radius 3 is 2.51 bits per heavy atom. The Balaban J connectivity index is 1.65. The van der Waals surface area contributed by atoms with Gasteiger partial charge in [0.2, 0.25) is 11.8 Å². The summed E-state index contributed by atoms with van der Waals surface area (Å²) in [5.74, 6) is 0.928. The number of hydrogen-bond acceptors (Lipinski definition) is 10. The molecule has 0 amide bonds. The number of non-ortho nitro benzene ring substituents is 1. The topological polar surface area (TPSA) is 140 Å². The van der Waals surface area contributed by atoms with Gasteiger partial charge in [0.1, 0.15) is 18.1 Å². The lowest BCUT2D eigenvalue weighted by atomic mass is 9.98. The first kappa shape index (κ1) is 27.3. The molecular weight excluding hydrogens is 506 g/mol. The summed E-state index contributed by atoms with van der Waals surface area (Å²) in [5.41, 5.74) is 0.345. The number of anilines is 2. The molecule has 0 radical (unpaired) electrons. The molecule has 0 saturated heterocycles. The van der Waals surface area contributed by atoms with Crippen LogP contribution in [0.1, 0.15) is 20.8 Å². The second-order valence-corrected chi connectivity index (χ2v) is 9.53. The van der Waals surface area contributed by atoms with Crippen LogP contribution in [0, 0.1) is 15.5 Å². The van der Waals surface area contributed by atoms with Crippen molar-refractivity contribution in [3.8, 4) is 17.4 Å². The number of carbonyl (C=O) groups excluding carboxylic acids is 1. The van der Waals surface area contributed by atoms with E-state index >= 15 is 0 Å². The van der Waals surface area contributed by atoms with Crippen molar-refractivity contribution in [2.24, 2.45) is 5.41 Å². The standard InChI is InChI=1S/C27H29N5O7/c1-27(2,3)25(33)38-17-31-13-12-22-23(31)29-26(28-18-8-10-20(11-9-18)37-15-14-36-4)30-24(22)39-21-7-5-6-19(16-21)32(34)35/h5-13,16H,14-15,17H2,1-4H3,(H,28,29,30). The van der Waals surface area contributed by atoms with Gasteiger partial charge in [0.15, 0.2) is 12.4 Å². The third-order valence-corrected chi connectivity index (χ3v) is 5.44. The molecule has 0 aliphatic carbocycles. The smallest absolute Gasteiger partial charge is 0.312 e. The Kier molecular flexibility index (Phi) is 8.25. The van der Waals surface area contributed by atoms with E-state index in [1.807, 2.05) is 0 Å². The minimum Gasteiger partial charge on any atom is -0.491 e. The third kappa shape index (κ3) is 6.99. The molecule has 39 heavy (non-hydrogen) atoms. The molecule has 4 aromatic rings. The van der Waals surface area contributed by atoms with Crippen molar-refractivity contribution in [2.75, 3.05) is 25.6 Å². The fourth-order valence-electron chi connectivity index (χ4n) is 3.40. The molecule has 0 bridgehead atoms. The van der Waals surface area contributed by atoms with Gasteiger partial charge in [-0.05, 0) is 57.2 Å². The highest BCUT2D eigenvalue weighted by Crippen LogP contribution is 2.32. The second kappa shape index (κ2) is 11.8. The molecule has 0 saturated carbocycles. The van der Waals surface area contributed by atoms with Gasteiger partial charge in [-0.25, -0.2) is 0 Å². The number of nitrogens with zero attached hydrogens (tertiary/aromatic N) is 4. The first-order valence-electron chi connectivity index (χ1n) is 12.1. The van der Waals surface area contributed by atoms with E-state index in [0.717, 1.165) is 0 Å². The molecule has 0 aliphatic rings. The van der Waals surface area contributed by atoms with Gasteiger partial charge in [-0.15, -0.1) is 0 Å². The van der Waals surface area contributed by atoms with Crippen LogP contribution in [-0.4, -0.2) is 45.8 Å². The van der Waals surface area contributed by atoms with Crippen molar-refractivity contribution in [3.05, 3.63) is 70.9 Å². The van der Waals surface area contributed by atoms with Crippen LogP contribution in [0.25, 0.3) is 11.0 Å². The zero-order valence-electron chi connectivity index (χ0n) is 22.0. The average molecular weight is 536 g/mol. The number of fused-ring (bicyclic) bond motifs is 1. The van der Waals surface area contributed by atoms with Gasteiger partial charge in [0, 0.05) is 25.1 Å². The summed E-state index contributed by atoms with van der Waals surface area (Å²) in [6, 6.07) is 14.7. The van der Waals surface area contributed by atoms with Crippen LogP contribution in [0.15, 0.2) is 60.8 Å². The monoisotopic (exact) mass is 535 g/mol. The van der Waals surface area contributed by atoms with Gasteiger partial charge in [-0.2, -0.15) is 9.97 Å². The summed E-state index contributed by atoms with van der Waals surface area (Å²) in [4.78, 5) is 32.2. The molecule has 0 aliphatic heterocycles. The lowest BCUT2D eigenvalue weighted by Gasteiger charge is -2.17. The normalized spacial score (nSPS) is 11.3. The maximum Gasteiger partial charge on any atom is 0.312 e. The first-order chi connectivity index (χ1) is 18.6. The van der Waals surface area contributed by atoms with Gasteiger partial charge in [-0.3, -0.25) is 19.5 Å². The first-order valence-corrected chi connectivity index (χ1v) is 12.1. The minimum atomic E-state index is -0.666. The molecule has 0 unspecified atom stereocenters. The van der Waals surface area contributed by atoms with Crippen LogP contribution in [0.4, 0.5) is 17.3 Å². The maximum atomic E-state index is 12.3. The van der Waals surface area contributed by atoms with E-state index in [-0.39, 0.29) is 36.0 Å². The quantitative estimate of drug-likeness (QED) is 0.114. The fourth-order valence-corrected chi connectivity index (χ4v) is 3.40. The molecule has 2 heterocycles. The lowest BCUT2D eigenvalue weighted by molar-refractivity contribution is -0.384. The second-order valence-electron chi connectivity index (χ2n) is 9.53. The van der Waals surface area contributed by atoms with Crippen molar-refractivity contribution in [2.45, 2.75) is 27.5 Å². The van der Waals surface area contributed by atoms with Crippen LogP contribution >= 0.6 is 0 Å². The number of nitro groups is 1. The van der Waals surface area contributed by atoms with Crippen molar-refractivity contribution >= 4 is 34.3 Å². The molecule has 2 aromatic carbocycles. The molecule has 204 valence electrons. The van der Waals surface area contributed by atoms with Gasteiger partial charge < -0.3 is 24.3 Å². The van der Waals surface area contributed by atoms with Gasteiger partial charge in [0.25, 0.3) is 5.69 Å². The van der Waals surface area contributed by atoms with Crippen LogP contribution in [0.3, 0.4) is 0 Å². The molecule has 0 fully saturated rings. The Morgan fingerprint density at radius 1 is 1.05 bits per heavy atom. The molecule has 1 N–H and O–H groups in total. The molecule has 2 aromatic heterocycles. The molecule has 4 rings (SSSR count). The SMILES string of the molecule is COCCOc1ccc(Nc2nc(Oc3cccc([N+](=O)[O-])c3)c3ccn(COC(=O)C(C)(C)C)c3n2)cc1. The number of nitrogens with one attached hydrogen (secondary N) is 1. The number of rotatable bonds is 11. The van der Waals surface area contributed by atoms with E-state index in [1.165, 1.54) is 18.2 Å². The highest BCUT2D eigenvalue weighted by molar-refractivity contribution is 5.83. The van der Waals surface area contributed by atoms with Gasteiger partial charge >= 0.3 is 5.97 Å². The average Bonchev–Trinajstić information content (AvgIpc) is 3.31. The minimum absolute atomic E-state index is 0.0696. The van der Waals surface area contributed by atoms with Crippen molar-refractivity contribution in [1.82, 2.24) is 14.5 Å². The van der Waals surface area contributed by atoms with E-state index < -0.39 is 10.3 Å². The van der Waals surface area contributed by atoms with Gasteiger partial charge in [0.05, 0.1) is 28.4 Å². The highest BCUT2D eigenvalue weighted by atomic mass is 16.6. The zero-order chi connectivity index (χ0) is 28.0. The summed E-state index contributed by atoms with van der Waals surface area (Å²) in [6.07, 6.45) is 1.70. The number of esters is 1. The van der Waals surface area contributed by atoms with Crippen molar-refractivity contribution < 1.29 is 28.7 Å². The van der Waals surface area contributed by atoms with Gasteiger partial charge in [-0.1, -0.05) is 6.07 Å². The largest absolute Gasteiger partial charge is 0.491 e. The Hall–Kier alpha value is -4.71. The summed E-state index contributed by atoms with van der Waals surface area (Å²) in [6.45, 7) is 6.15. The number of hydrogen-bond donors (Lipinski definition) is 1. The zero-order valence-corrected chi connectivity index (χ0v) is 22.0. The number of ether oxygens (including phenoxy) is 4. The summed E-state index contributed by atoms with van der Waals surface area (Å²) in [5, 5.41) is 14.9. The van der Waals surface area contributed by atoms with E-state index in [1.54, 1.807) is 75.0 Å². The molecular formula is C27H29N5O7. The summed E-state index contributed by atoms with van der Waals surface area (Å²) < 4.78 is 23.7. The predicted octanol–water partition coefficient (Wildman–Crippen LogP) is 5.45. The van der Waals surface area contributed by atoms with Crippen LogP contribution in [0.5, 0.6) is 17.4 Å². The van der Waals surface area contributed by atoms with Crippen LogP contribution in [-0.2, 0) is 21.0 Å². The van der Waals surface area contributed by atoms with E-state index in [0.29, 0.717) is 35.7 Å². The lowest BCUT2D eigenvalue weighted by Crippen LogP contribution is -2.24. The van der Waals surface area contributed by atoms with E-state index in [2.05, 4.69) is 15.3 Å². The number of aromatic nitrogens is 3. The van der Waals surface area contributed by atoms with Crippen molar-refractivity contribution in [1.29, 1.82) is 0 Å². The Morgan fingerprint density at radius 2 is 1.82 bits per heavy atom.